The van der Waals surface area contributed by atoms with Crippen LogP contribution in [0.2, 0.25) is 5.02 Å². The molecule has 0 amide bonds. The Morgan fingerprint density at radius 1 is 1.33 bits per heavy atom. The number of halogens is 1. The fourth-order valence-corrected chi connectivity index (χ4v) is 3.27. The number of benzene rings is 1. The smallest absolute Gasteiger partial charge is 0.317 e. The minimum absolute atomic E-state index is 0.141. The summed E-state index contributed by atoms with van der Waals surface area (Å²) in [6.07, 6.45) is 2.03. The van der Waals surface area contributed by atoms with Crippen molar-refractivity contribution in [3.8, 4) is 0 Å². The molecule has 1 unspecified atom stereocenters. The second-order valence-electron chi connectivity index (χ2n) is 5.54. The zero-order valence-corrected chi connectivity index (χ0v) is 13.2. The maximum absolute atomic E-state index is 10.8. The van der Waals surface area contributed by atoms with Gasteiger partial charge in [0.15, 0.2) is 0 Å². The first-order valence-electron chi connectivity index (χ1n) is 7.54. The average Bonchev–Trinajstić information content (AvgIpc) is 2.65. The van der Waals surface area contributed by atoms with Gasteiger partial charge in [0, 0.05) is 37.2 Å². The third-order valence-corrected chi connectivity index (χ3v) is 4.28. The summed E-state index contributed by atoms with van der Waals surface area (Å²) < 4.78 is 0. The molecule has 0 spiro atoms. The van der Waals surface area contributed by atoms with E-state index >= 15 is 0 Å². The number of rotatable bonds is 5. The van der Waals surface area contributed by atoms with E-state index in [1.165, 1.54) is 5.56 Å². The summed E-state index contributed by atoms with van der Waals surface area (Å²) in [5.41, 5.74) is 1.25. The number of nitrogens with zero attached hydrogens (tertiary/aromatic N) is 2. The van der Waals surface area contributed by atoms with Crippen molar-refractivity contribution >= 4 is 17.6 Å². The molecule has 0 bridgehead atoms. The predicted octanol–water partition coefficient (Wildman–Crippen LogP) is 2.88. The van der Waals surface area contributed by atoms with Crippen molar-refractivity contribution < 1.29 is 9.90 Å². The van der Waals surface area contributed by atoms with Gasteiger partial charge in [-0.15, -0.1) is 0 Å². The third-order valence-electron chi connectivity index (χ3n) is 4.04. The molecule has 5 heteroatoms. The lowest BCUT2D eigenvalue weighted by molar-refractivity contribution is -0.138. The van der Waals surface area contributed by atoms with E-state index in [2.05, 4.69) is 17.9 Å². The van der Waals surface area contributed by atoms with Crippen molar-refractivity contribution in [1.29, 1.82) is 0 Å². The maximum Gasteiger partial charge on any atom is 0.317 e. The van der Waals surface area contributed by atoms with Gasteiger partial charge < -0.3 is 5.11 Å². The zero-order valence-electron chi connectivity index (χ0n) is 12.5. The lowest BCUT2D eigenvalue weighted by Crippen LogP contribution is -2.35. The van der Waals surface area contributed by atoms with Crippen molar-refractivity contribution in [2.45, 2.75) is 25.8 Å². The molecule has 1 heterocycles. The Labute approximate surface area is 131 Å². The first kappa shape index (κ1) is 16.3. The monoisotopic (exact) mass is 310 g/mol. The van der Waals surface area contributed by atoms with Crippen LogP contribution in [0.25, 0.3) is 0 Å². The molecule has 21 heavy (non-hydrogen) atoms. The molecule has 1 aromatic carbocycles. The molecule has 0 saturated carbocycles. The summed E-state index contributed by atoms with van der Waals surface area (Å²) >= 11 is 6.11. The normalized spacial score (nSPS) is 19.1. The van der Waals surface area contributed by atoms with Gasteiger partial charge in [0.25, 0.3) is 0 Å². The molecule has 1 aromatic rings. The molecule has 1 saturated heterocycles. The van der Waals surface area contributed by atoms with Gasteiger partial charge in [0.1, 0.15) is 0 Å². The third kappa shape index (κ3) is 4.70. The highest BCUT2D eigenvalue weighted by atomic mass is 35.5. The topological polar surface area (TPSA) is 43.8 Å². The highest BCUT2D eigenvalue weighted by Gasteiger charge is 2.23. The van der Waals surface area contributed by atoms with Crippen LogP contribution < -0.4 is 0 Å². The van der Waals surface area contributed by atoms with Crippen molar-refractivity contribution in [2.75, 3.05) is 32.7 Å². The fraction of sp³-hybridized carbons (Fsp3) is 0.562. The van der Waals surface area contributed by atoms with Gasteiger partial charge in [0.2, 0.25) is 0 Å². The van der Waals surface area contributed by atoms with Crippen LogP contribution >= 0.6 is 11.6 Å². The van der Waals surface area contributed by atoms with Gasteiger partial charge in [-0.25, -0.2) is 0 Å². The van der Waals surface area contributed by atoms with E-state index in [4.69, 9.17) is 16.7 Å². The van der Waals surface area contributed by atoms with E-state index in [1.807, 2.05) is 23.1 Å². The van der Waals surface area contributed by atoms with Gasteiger partial charge in [-0.1, -0.05) is 30.7 Å². The summed E-state index contributed by atoms with van der Waals surface area (Å²) in [4.78, 5) is 15.3. The second kappa shape index (κ2) is 7.78. The van der Waals surface area contributed by atoms with Crippen LogP contribution in [0.4, 0.5) is 0 Å². The molecule has 1 N–H and O–H groups in total. The highest BCUT2D eigenvalue weighted by molar-refractivity contribution is 6.30. The van der Waals surface area contributed by atoms with Crippen LogP contribution in [0.3, 0.4) is 0 Å². The van der Waals surface area contributed by atoms with Crippen molar-refractivity contribution in [3.63, 3.8) is 0 Å². The summed E-state index contributed by atoms with van der Waals surface area (Å²) in [7, 11) is 0. The van der Waals surface area contributed by atoms with Gasteiger partial charge in [-0.3, -0.25) is 14.6 Å². The molecule has 116 valence electrons. The quantitative estimate of drug-likeness (QED) is 0.908. The van der Waals surface area contributed by atoms with E-state index in [9.17, 15) is 4.79 Å². The second-order valence-corrected chi connectivity index (χ2v) is 5.97. The molecule has 1 atom stereocenters. The van der Waals surface area contributed by atoms with Crippen LogP contribution in [0, 0.1) is 0 Å². The molecule has 1 aliphatic rings. The number of hydrogen-bond acceptors (Lipinski definition) is 3. The SMILES string of the molecule is CCC(c1cccc(Cl)c1)N1CCCN(CC(=O)O)CC1. The lowest BCUT2D eigenvalue weighted by atomic mass is 10.0. The van der Waals surface area contributed by atoms with Crippen molar-refractivity contribution in [3.05, 3.63) is 34.9 Å². The van der Waals surface area contributed by atoms with Crippen LogP contribution in [-0.4, -0.2) is 53.6 Å². The van der Waals surface area contributed by atoms with Crippen molar-refractivity contribution in [1.82, 2.24) is 9.80 Å². The predicted molar refractivity (Wildman–Crippen MR) is 84.7 cm³/mol. The van der Waals surface area contributed by atoms with Crippen LogP contribution in [0.1, 0.15) is 31.4 Å². The standard InChI is InChI=1S/C16H23ClN2O2/c1-2-15(13-5-3-6-14(17)11-13)19-8-4-7-18(9-10-19)12-16(20)21/h3,5-6,11,15H,2,4,7-10,12H2,1H3,(H,20,21). The van der Waals surface area contributed by atoms with E-state index in [0.717, 1.165) is 44.0 Å². The largest absolute Gasteiger partial charge is 0.480 e. The van der Waals surface area contributed by atoms with Crippen molar-refractivity contribution in [2.24, 2.45) is 0 Å². The Balaban J connectivity index is 2.04. The molecule has 0 radical (unpaired) electrons. The van der Waals surface area contributed by atoms with Gasteiger partial charge in [0.05, 0.1) is 6.54 Å². The van der Waals surface area contributed by atoms with E-state index in [-0.39, 0.29) is 6.54 Å². The lowest BCUT2D eigenvalue weighted by Gasteiger charge is -2.30. The Hall–Kier alpha value is -1.10. The summed E-state index contributed by atoms with van der Waals surface area (Å²) in [5.74, 6) is -0.745. The Morgan fingerprint density at radius 2 is 2.14 bits per heavy atom. The molecule has 1 fully saturated rings. The van der Waals surface area contributed by atoms with Gasteiger partial charge >= 0.3 is 5.97 Å². The highest BCUT2D eigenvalue weighted by Crippen LogP contribution is 2.27. The molecular weight excluding hydrogens is 288 g/mol. The maximum atomic E-state index is 10.8. The number of carbonyl (C=O) groups is 1. The summed E-state index contributed by atoms with van der Waals surface area (Å²) in [5, 5.41) is 9.69. The van der Waals surface area contributed by atoms with Crippen LogP contribution in [0.5, 0.6) is 0 Å². The fourth-order valence-electron chi connectivity index (χ4n) is 3.07. The van der Waals surface area contributed by atoms with Crippen LogP contribution in [0.15, 0.2) is 24.3 Å². The minimum atomic E-state index is -0.745. The number of aliphatic carboxylic acids is 1. The average molecular weight is 311 g/mol. The Bertz CT molecular complexity index is 481. The molecular formula is C16H23ClN2O2. The van der Waals surface area contributed by atoms with E-state index in [0.29, 0.717) is 6.04 Å². The first-order valence-corrected chi connectivity index (χ1v) is 7.91. The minimum Gasteiger partial charge on any atom is -0.480 e. The molecule has 0 aromatic heterocycles. The Morgan fingerprint density at radius 3 is 2.81 bits per heavy atom. The molecule has 0 aliphatic carbocycles. The number of carboxylic acids is 1. The van der Waals surface area contributed by atoms with Crippen LogP contribution in [-0.2, 0) is 4.79 Å². The first-order chi connectivity index (χ1) is 10.1. The molecule has 2 rings (SSSR count). The molecule has 1 aliphatic heterocycles. The van der Waals surface area contributed by atoms with E-state index < -0.39 is 5.97 Å². The summed E-state index contributed by atoms with van der Waals surface area (Å²) in [6.45, 7) is 5.89. The van der Waals surface area contributed by atoms with Gasteiger partial charge in [-0.05, 0) is 30.5 Å². The Kier molecular flexibility index (Phi) is 6.03. The zero-order chi connectivity index (χ0) is 15.2. The number of hydrogen-bond donors (Lipinski definition) is 1. The molecule has 4 nitrogen and oxygen atoms in total. The van der Waals surface area contributed by atoms with E-state index in [1.54, 1.807) is 0 Å². The summed E-state index contributed by atoms with van der Waals surface area (Å²) in [6, 6.07) is 8.41. The van der Waals surface area contributed by atoms with Gasteiger partial charge in [-0.2, -0.15) is 0 Å². The number of carboxylic acid groups (broad SMARTS) is 1.